The SMILES string of the molecule is Cc1cnc(NC2CCSCC2)c(Br)c1. The fourth-order valence-electron chi connectivity index (χ4n) is 1.68. The number of nitrogens with zero attached hydrogens (tertiary/aromatic N) is 1. The lowest BCUT2D eigenvalue weighted by Crippen LogP contribution is -2.25. The van der Waals surface area contributed by atoms with E-state index in [9.17, 15) is 0 Å². The summed E-state index contributed by atoms with van der Waals surface area (Å²) in [7, 11) is 0. The third-order valence-electron chi connectivity index (χ3n) is 2.54. The fraction of sp³-hybridized carbons (Fsp3) is 0.545. The number of hydrogen-bond donors (Lipinski definition) is 1. The summed E-state index contributed by atoms with van der Waals surface area (Å²) in [4.78, 5) is 4.41. The Hall–Kier alpha value is -0.220. The Morgan fingerprint density at radius 1 is 1.47 bits per heavy atom. The monoisotopic (exact) mass is 286 g/mol. The van der Waals surface area contributed by atoms with Gasteiger partial charge in [0.1, 0.15) is 5.82 Å². The third-order valence-corrected chi connectivity index (χ3v) is 4.19. The van der Waals surface area contributed by atoms with Gasteiger partial charge in [-0.3, -0.25) is 0 Å². The minimum absolute atomic E-state index is 0.595. The molecule has 1 N–H and O–H groups in total. The van der Waals surface area contributed by atoms with E-state index in [0.29, 0.717) is 6.04 Å². The average Bonchev–Trinajstić information content (AvgIpc) is 2.24. The fourth-order valence-corrected chi connectivity index (χ4v) is 3.36. The van der Waals surface area contributed by atoms with Crippen molar-refractivity contribution in [3.05, 3.63) is 22.3 Å². The van der Waals surface area contributed by atoms with Crippen LogP contribution >= 0.6 is 27.7 Å². The van der Waals surface area contributed by atoms with E-state index in [-0.39, 0.29) is 0 Å². The van der Waals surface area contributed by atoms with Crippen LogP contribution in [0.1, 0.15) is 18.4 Å². The maximum absolute atomic E-state index is 4.41. The minimum atomic E-state index is 0.595. The number of hydrogen-bond acceptors (Lipinski definition) is 3. The molecule has 15 heavy (non-hydrogen) atoms. The maximum Gasteiger partial charge on any atom is 0.140 e. The third kappa shape index (κ3) is 3.11. The van der Waals surface area contributed by atoms with Gasteiger partial charge in [-0.15, -0.1) is 0 Å². The quantitative estimate of drug-likeness (QED) is 0.901. The zero-order valence-corrected chi connectivity index (χ0v) is 11.2. The van der Waals surface area contributed by atoms with Crippen molar-refractivity contribution in [1.29, 1.82) is 0 Å². The molecule has 1 aromatic heterocycles. The highest BCUT2D eigenvalue weighted by Gasteiger charge is 2.14. The molecule has 1 aromatic rings. The molecule has 0 aliphatic carbocycles. The van der Waals surface area contributed by atoms with Crippen molar-refractivity contribution in [2.45, 2.75) is 25.8 Å². The molecule has 1 fully saturated rings. The van der Waals surface area contributed by atoms with Crippen LogP contribution in [-0.4, -0.2) is 22.5 Å². The molecule has 0 bridgehead atoms. The van der Waals surface area contributed by atoms with Crippen molar-refractivity contribution in [3.8, 4) is 0 Å². The number of pyridine rings is 1. The molecule has 0 aromatic carbocycles. The number of rotatable bonds is 2. The average molecular weight is 287 g/mol. The predicted molar refractivity (Wildman–Crippen MR) is 70.6 cm³/mol. The van der Waals surface area contributed by atoms with Gasteiger partial charge in [-0.25, -0.2) is 4.98 Å². The van der Waals surface area contributed by atoms with E-state index in [1.54, 1.807) is 0 Å². The van der Waals surface area contributed by atoms with E-state index < -0.39 is 0 Å². The highest BCUT2D eigenvalue weighted by molar-refractivity contribution is 9.10. The molecule has 0 spiro atoms. The largest absolute Gasteiger partial charge is 0.366 e. The van der Waals surface area contributed by atoms with Crippen LogP contribution in [0.25, 0.3) is 0 Å². The zero-order valence-electron chi connectivity index (χ0n) is 8.79. The lowest BCUT2D eigenvalue weighted by Gasteiger charge is -2.23. The number of nitrogens with one attached hydrogen (secondary N) is 1. The van der Waals surface area contributed by atoms with Crippen LogP contribution in [0.5, 0.6) is 0 Å². The molecule has 2 rings (SSSR count). The molecule has 0 unspecified atom stereocenters. The van der Waals surface area contributed by atoms with Crippen LogP contribution < -0.4 is 5.32 Å². The summed E-state index contributed by atoms with van der Waals surface area (Å²) in [6.45, 7) is 2.05. The lowest BCUT2D eigenvalue weighted by molar-refractivity contribution is 0.663. The van der Waals surface area contributed by atoms with Gasteiger partial charge in [0.25, 0.3) is 0 Å². The van der Waals surface area contributed by atoms with E-state index >= 15 is 0 Å². The van der Waals surface area contributed by atoms with Gasteiger partial charge in [-0.05, 0) is 58.8 Å². The van der Waals surface area contributed by atoms with Crippen molar-refractivity contribution in [2.24, 2.45) is 0 Å². The summed E-state index contributed by atoms with van der Waals surface area (Å²) in [6, 6.07) is 2.70. The summed E-state index contributed by atoms with van der Waals surface area (Å²) in [5, 5.41) is 3.51. The number of aromatic nitrogens is 1. The normalized spacial score (nSPS) is 17.7. The standard InChI is InChI=1S/C11H15BrN2S/c1-8-6-10(12)11(13-7-8)14-9-2-4-15-5-3-9/h6-7,9H,2-5H2,1H3,(H,13,14). The van der Waals surface area contributed by atoms with Gasteiger partial charge in [0.05, 0.1) is 4.47 Å². The Kier molecular flexibility index (Phi) is 3.92. The van der Waals surface area contributed by atoms with Gasteiger partial charge in [-0.1, -0.05) is 0 Å². The van der Waals surface area contributed by atoms with Crippen LogP contribution in [0.3, 0.4) is 0 Å². The zero-order chi connectivity index (χ0) is 10.7. The Labute approximate surface area is 103 Å². The Balaban J connectivity index is 2.03. The molecule has 2 nitrogen and oxygen atoms in total. The van der Waals surface area contributed by atoms with Crippen molar-refractivity contribution in [2.75, 3.05) is 16.8 Å². The van der Waals surface area contributed by atoms with Crippen LogP contribution in [0.4, 0.5) is 5.82 Å². The van der Waals surface area contributed by atoms with Gasteiger partial charge in [0.15, 0.2) is 0 Å². The number of halogens is 1. The second-order valence-corrected chi connectivity index (χ2v) is 5.95. The summed E-state index contributed by atoms with van der Waals surface area (Å²) >= 11 is 5.59. The van der Waals surface area contributed by atoms with E-state index in [1.807, 2.05) is 18.0 Å². The molecule has 2 heterocycles. The number of thioether (sulfide) groups is 1. The summed E-state index contributed by atoms with van der Waals surface area (Å²) < 4.78 is 1.07. The maximum atomic E-state index is 4.41. The molecule has 1 aliphatic rings. The number of aryl methyl sites for hydroxylation is 1. The molecule has 0 amide bonds. The summed E-state index contributed by atoms with van der Waals surface area (Å²) in [6.07, 6.45) is 4.39. The first-order valence-corrected chi connectivity index (χ1v) is 7.17. The lowest BCUT2D eigenvalue weighted by atomic mass is 10.1. The summed E-state index contributed by atoms with van der Waals surface area (Å²) in [5.41, 5.74) is 1.19. The van der Waals surface area contributed by atoms with E-state index in [2.05, 4.69) is 39.2 Å². The van der Waals surface area contributed by atoms with Crippen molar-refractivity contribution in [3.63, 3.8) is 0 Å². The van der Waals surface area contributed by atoms with Crippen LogP contribution in [0.2, 0.25) is 0 Å². The first kappa shape index (κ1) is 11.3. The molecular formula is C11H15BrN2S. The predicted octanol–water partition coefficient (Wildman–Crippen LogP) is 3.46. The van der Waals surface area contributed by atoms with Gasteiger partial charge in [0, 0.05) is 12.2 Å². The van der Waals surface area contributed by atoms with Crippen molar-refractivity contribution in [1.82, 2.24) is 4.98 Å². The minimum Gasteiger partial charge on any atom is -0.366 e. The van der Waals surface area contributed by atoms with E-state index in [4.69, 9.17) is 0 Å². The molecule has 0 radical (unpaired) electrons. The number of anilines is 1. The van der Waals surface area contributed by atoms with Crippen molar-refractivity contribution >= 4 is 33.5 Å². The molecule has 1 saturated heterocycles. The van der Waals surface area contributed by atoms with E-state index in [0.717, 1.165) is 10.3 Å². The van der Waals surface area contributed by atoms with Gasteiger partial charge >= 0.3 is 0 Å². The van der Waals surface area contributed by atoms with Crippen LogP contribution in [-0.2, 0) is 0 Å². The Morgan fingerprint density at radius 3 is 2.87 bits per heavy atom. The first-order valence-electron chi connectivity index (χ1n) is 5.22. The first-order chi connectivity index (χ1) is 7.25. The second kappa shape index (κ2) is 5.21. The van der Waals surface area contributed by atoms with Gasteiger partial charge < -0.3 is 5.32 Å². The molecule has 4 heteroatoms. The topological polar surface area (TPSA) is 24.9 Å². The van der Waals surface area contributed by atoms with Gasteiger partial charge in [-0.2, -0.15) is 11.8 Å². The second-order valence-electron chi connectivity index (χ2n) is 3.87. The Bertz CT molecular complexity index is 337. The highest BCUT2D eigenvalue weighted by atomic mass is 79.9. The highest BCUT2D eigenvalue weighted by Crippen LogP contribution is 2.25. The molecule has 82 valence electrons. The van der Waals surface area contributed by atoms with Crippen LogP contribution in [0, 0.1) is 6.92 Å². The molecular weight excluding hydrogens is 272 g/mol. The van der Waals surface area contributed by atoms with Crippen molar-refractivity contribution < 1.29 is 0 Å². The molecule has 0 saturated carbocycles. The smallest absolute Gasteiger partial charge is 0.140 e. The van der Waals surface area contributed by atoms with Gasteiger partial charge in [0.2, 0.25) is 0 Å². The van der Waals surface area contributed by atoms with E-state index in [1.165, 1.54) is 29.9 Å². The molecule has 0 atom stereocenters. The van der Waals surface area contributed by atoms with Crippen LogP contribution in [0.15, 0.2) is 16.7 Å². The molecule has 1 aliphatic heterocycles. The summed E-state index contributed by atoms with van der Waals surface area (Å²) in [5.74, 6) is 3.51. The Morgan fingerprint density at radius 2 is 2.20 bits per heavy atom.